The molecule has 1 aromatic carbocycles. The van der Waals surface area contributed by atoms with E-state index in [-0.39, 0.29) is 24.6 Å². The molecule has 0 radical (unpaired) electrons. The number of ether oxygens (including phenoxy) is 1. The van der Waals surface area contributed by atoms with Crippen LogP contribution in [0, 0.1) is 0 Å². The number of carbonyl (C=O) groups is 1. The van der Waals surface area contributed by atoms with Crippen molar-refractivity contribution in [2.24, 2.45) is 5.73 Å². The summed E-state index contributed by atoms with van der Waals surface area (Å²) in [4.78, 5) is 14.5. The standard InChI is InChI=1S/C17H19ClN2O3/c1-11-10-22-16(13-4-2-3-5-14(13)18)9-20(11)17(21)15-7-6-12(8-19)23-15/h2-7,11,16H,8-10,19H2,1H3/t11-,16-/m0/s1. The number of amides is 1. The fourth-order valence-electron chi connectivity index (χ4n) is 2.71. The van der Waals surface area contributed by atoms with Gasteiger partial charge in [0.05, 0.1) is 25.7 Å². The number of nitrogens with zero attached hydrogens (tertiary/aromatic N) is 1. The molecule has 2 aromatic rings. The lowest BCUT2D eigenvalue weighted by atomic mass is 10.1. The Bertz CT molecular complexity index is 701. The lowest BCUT2D eigenvalue weighted by Gasteiger charge is -2.38. The van der Waals surface area contributed by atoms with E-state index in [0.29, 0.717) is 29.7 Å². The number of carbonyl (C=O) groups excluding carboxylic acids is 1. The topological polar surface area (TPSA) is 68.7 Å². The second kappa shape index (κ2) is 6.74. The van der Waals surface area contributed by atoms with Crippen LogP contribution in [-0.2, 0) is 11.3 Å². The van der Waals surface area contributed by atoms with E-state index in [9.17, 15) is 4.79 Å². The molecule has 5 nitrogen and oxygen atoms in total. The SMILES string of the molecule is C[C@H]1CO[C@H](c2ccccc2Cl)CN1C(=O)c1ccc(CN)o1. The van der Waals surface area contributed by atoms with Gasteiger partial charge >= 0.3 is 0 Å². The molecule has 0 aliphatic carbocycles. The highest BCUT2D eigenvalue weighted by Crippen LogP contribution is 2.30. The number of hydrogen-bond acceptors (Lipinski definition) is 4. The first-order chi connectivity index (χ1) is 11.1. The summed E-state index contributed by atoms with van der Waals surface area (Å²) in [6, 6.07) is 10.9. The maximum atomic E-state index is 12.7. The highest BCUT2D eigenvalue weighted by Gasteiger charge is 2.33. The second-order valence-corrected chi connectivity index (χ2v) is 6.03. The minimum absolute atomic E-state index is 0.0346. The Hall–Kier alpha value is -1.82. The Morgan fingerprint density at radius 1 is 1.35 bits per heavy atom. The molecule has 0 saturated carbocycles. The third kappa shape index (κ3) is 3.27. The monoisotopic (exact) mass is 334 g/mol. The molecule has 2 heterocycles. The van der Waals surface area contributed by atoms with Crippen LogP contribution in [-0.4, -0.2) is 30.0 Å². The first kappa shape index (κ1) is 16.1. The predicted molar refractivity (Wildman–Crippen MR) is 87.2 cm³/mol. The molecular formula is C17H19ClN2O3. The summed E-state index contributed by atoms with van der Waals surface area (Å²) in [7, 11) is 0. The van der Waals surface area contributed by atoms with Crippen LogP contribution in [0.4, 0.5) is 0 Å². The van der Waals surface area contributed by atoms with Crippen LogP contribution in [0.1, 0.15) is 34.9 Å². The molecule has 1 aliphatic rings. The van der Waals surface area contributed by atoms with Gasteiger partial charge in [-0.2, -0.15) is 0 Å². The van der Waals surface area contributed by atoms with Crippen LogP contribution >= 0.6 is 11.6 Å². The Kier molecular flexibility index (Phi) is 4.71. The quantitative estimate of drug-likeness (QED) is 0.936. The maximum Gasteiger partial charge on any atom is 0.289 e. The van der Waals surface area contributed by atoms with E-state index in [2.05, 4.69) is 0 Å². The maximum absolute atomic E-state index is 12.7. The lowest BCUT2D eigenvalue weighted by Crippen LogP contribution is -2.48. The van der Waals surface area contributed by atoms with Crippen molar-refractivity contribution in [3.05, 3.63) is 58.5 Å². The Balaban J connectivity index is 1.81. The van der Waals surface area contributed by atoms with E-state index in [1.165, 1.54) is 0 Å². The first-order valence-electron chi connectivity index (χ1n) is 7.56. The van der Waals surface area contributed by atoms with E-state index in [0.717, 1.165) is 5.56 Å². The molecular weight excluding hydrogens is 316 g/mol. The normalized spacial score (nSPS) is 21.4. The number of furan rings is 1. The van der Waals surface area contributed by atoms with Crippen LogP contribution in [0.25, 0.3) is 0 Å². The average Bonchev–Trinajstić information content (AvgIpc) is 3.04. The molecule has 1 fully saturated rings. The summed E-state index contributed by atoms with van der Waals surface area (Å²) in [6.45, 7) is 3.11. The number of hydrogen-bond donors (Lipinski definition) is 1. The third-order valence-corrected chi connectivity index (χ3v) is 4.36. The van der Waals surface area contributed by atoms with E-state index in [1.807, 2.05) is 31.2 Å². The van der Waals surface area contributed by atoms with E-state index in [4.69, 9.17) is 26.5 Å². The van der Waals surface area contributed by atoms with Gasteiger partial charge < -0.3 is 19.8 Å². The highest BCUT2D eigenvalue weighted by molar-refractivity contribution is 6.31. The van der Waals surface area contributed by atoms with Crippen LogP contribution < -0.4 is 5.73 Å². The number of halogens is 1. The summed E-state index contributed by atoms with van der Waals surface area (Å²) in [5, 5.41) is 0.642. The lowest BCUT2D eigenvalue weighted by molar-refractivity contribution is -0.0495. The van der Waals surface area contributed by atoms with Gasteiger partial charge in [-0.05, 0) is 25.1 Å². The van der Waals surface area contributed by atoms with Gasteiger partial charge in [0.2, 0.25) is 0 Å². The zero-order valence-corrected chi connectivity index (χ0v) is 13.6. The summed E-state index contributed by atoms with van der Waals surface area (Å²) in [5.41, 5.74) is 6.42. The molecule has 0 unspecified atom stereocenters. The van der Waals surface area contributed by atoms with E-state index in [1.54, 1.807) is 17.0 Å². The van der Waals surface area contributed by atoms with E-state index < -0.39 is 0 Å². The smallest absolute Gasteiger partial charge is 0.289 e. The summed E-state index contributed by atoms with van der Waals surface area (Å²) in [5.74, 6) is 0.742. The van der Waals surface area contributed by atoms with Crippen molar-refractivity contribution >= 4 is 17.5 Å². The van der Waals surface area contributed by atoms with Crippen molar-refractivity contribution < 1.29 is 13.9 Å². The predicted octanol–water partition coefficient (Wildman–Crippen LogP) is 2.99. The molecule has 1 aromatic heterocycles. The van der Waals surface area contributed by atoms with Gasteiger partial charge in [-0.3, -0.25) is 4.79 Å². The van der Waals surface area contributed by atoms with Gasteiger partial charge in [0.25, 0.3) is 5.91 Å². The van der Waals surface area contributed by atoms with E-state index >= 15 is 0 Å². The van der Waals surface area contributed by atoms with Crippen molar-refractivity contribution in [1.82, 2.24) is 4.90 Å². The fourth-order valence-corrected chi connectivity index (χ4v) is 2.97. The average molecular weight is 335 g/mol. The van der Waals surface area contributed by atoms with Crippen LogP contribution in [0.15, 0.2) is 40.8 Å². The van der Waals surface area contributed by atoms with Gasteiger partial charge in [-0.1, -0.05) is 29.8 Å². The van der Waals surface area contributed by atoms with Crippen LogP contribution in [0.5, 0.6) is 0 Å². The molecule has 122 valence electrons. The van der Waals surface area contributed by atoms with Gasteiger partial charge in [0.1, 0.15) is 11.9 Å². The Morgan fingerprint density at radius 2 is 2.13 bits per heavy atom. The number of morpholine rings is 1. The van der Waals surface area contributed by atoms with Crippen LogP contribution in [0.3, 0.4) is 0 Å². The van der Waals surface area contributed by atoms with Crippen molar-refractivity contribution in [3.63, 3.8) is 0 Å². The number of benzene rings is 1. The number of rotatable bonds is 3. The van der Waals surface area contributed by atoms with Crippen molar-refractivity contribution in [2.75, 3.05) is 13.2 Å². The van der Waals surface area contributed by atoms with Crippen LogP contribution in [0.2, 0.25) is 5.02 Å². The Labute approximate surface area is 140 Å². The molecule has 2 atom stereocenters. The van der Waals surface area contributed by atoms with Gasteiger partial charge in [-0.15, -0.1) is 0 Å². The molecule has 1 amide bonds. The van der Waals surface area contributed by atoms with Gasteiger partial charge in [-0.25, -0.2) is 0 Å². The molecule has 6 heteroatoms. The zero-order chi connectivity index (χ0) is 16.4. The van der Waals surface area contributed by atoms with Gasteiger partial charge in [0, 0.05) is 10.6 Å². The molecule has 0 spiro atoms. The van der Waals surface area contributed by atoms with Gasteiger partial charge in [0.15, 0.2) is 5.76 Å². The second-order valence-electron chi connectivity index (χ2n) is 5.62. The molecule has 23 heavy (non-hydrogen) atoms. The highest BCUT2D eigenvalue weighted by atomic mass is 35.5. The Morgan fingerprint density at radius 3 is 2.83 bits per heavy atom. The van der Waals surface area contributed by atoms with Crippen molar-refractivity contribution in [3.8, 4) is 0 Å². The van der Waals surface area contributed by atoms with Crippen molar-refractivity contribution in [2.45, 2.75) is 25.6 Å². The molecule has 1 aliphatic heterocycles. The third-order valence-electron chi connectivity index (χ3n) is 4.02. The zero-order valence-electron chi connectivity index (χ0n) is 12.9. The number of nitrogens with two attached hydrogens (primary N) is 1. The summed E-state index contributed by atoms with van der Waals surface area (Å²) >= 11 is 6.24. The first-order valence-corrected chi connectivity index (χ1v) is 7.93. The molecule has 1 saturated heterocycles. The van der Waals surface area contributed by atoms with Crippen molar-refractivity contribution in [1.29, 1.82) is 0 Å². The minimum Gasteiger partial charge on any atom is -0.455 e. The summed E-state index contributed by atoms with van der Waals surface area (Å²) in [6.07, 6.45) is -0.243. The largest absolute Gasteiger partial charge is 0.455 e. The fraction of sp³-hybridized carbons (Fsp3) is 0.353. The molecule has 3 rings (SSSR count). The molecule has 2 N–H and O–H groups in total. The minimum atomic E-state index is -0.243. The summed E-state index contributed by atoms with van der Waals surface area (Å²) < 4.78 is 11.3. The molecule has 0 bridgehead atoms.